The second-order valence-electron chi connectivity index (χ2n) is 4.40. The minimum absolute atomic E-state index is 0.0244. The number of esters is 1. The van der Waals surface area contributed by atoms with Crippen molar-refractivity contribution < 1.29 is 9.53 Å². The summed E-state index contributed by atoms with van der Waals surface area (Å²) in [6, 6.07) is 0. The highest BCUT2D eigenvalue weighted by molar-refractivity contribution is 5.77. The summed E-state index contributed by atoms with van der Waals surface area (Å²) in [5.74, 6) is 0.452. The molecule has 2 fully saturated rings. The summed E-state index contributed by atoms with van der Waals surface area (Å²) in [5.41, 5.74) is 0.941. The van der Waals surface area contributed by atoms with Crippen LogP contribution in [0, 0.1) is 11.8 Å². The Morgan fingerprint density at radius 2 is 2.17 bits per heavy atom. The third kappa shape index (κ3) is 0.904. The summed E-state index contributed by atoms with van der Waals surface area (Å²) in [4.78, 5) is 11.4. The molecule has 0 spiro atoms. The number of cyclic esters (lactones) is 1. The predicted octanol–water partition coefficient (Wildman–Crippen LogP) is 1.90. The van der Waals surface area contributed by atoms with Crippen LogP contribution < -0.4 is 0 Å². The fraction of sp³-hybridized carbons (Fsp3) is 0.700. The van der Waals surface area contributed by atoms with Crippen LogP contribution in [0.5, 0.6) is 0 Å². The molecular formula is C10H14O2. The first kappa shape index (κ1) is 7.84. The molecule has 1 saturated carbocycles. The van der Waals surface area contributed by atoms with Crippen molar-refractivity contribution in [3.8, 4) is 0 Å². The first-order chi connectivity index (χ1) is 5.50. The summed E-state index contributed by atoms with van der Waals surface area (Å²) in [6.07, 6.45) is 1.80. The van der Waals surface area contributed by atoms with E-state index in [0.29, 0.717) is 5.92 Å². The Bertz CT molecular complexity index is 253. The van der Waals surface area contributed by atoms with Gasteiger partial charge in [-0.3, -0.25) is 4.79 Å². The molecule has 0 aromatic carbocycles. The molecule has 2 aliphatic rings. The van der Waals surface area contributed by atoms with E-state index in [1.54, 1.807) is 0 Å². The summed E-state index contributed by atoms with van der Waals surface area (Å²) < 4.78 is 5.28. The molecule has 2 atom stereocenters. The molecular weight excluding hydrogens is 152 g/mol. The van der Waals surface area contributed by atoms with Crippen molar-refractivity contribution in [1.82, 2.24) is 0 Å². The van der Waals surface area contributed by atoms with Gasteiger partial charge in [-0.05, 0) is 26.7 Å². The lowest BCUT2D eigenvalue weighted by Crippen LogP contribution is -2.27. The molecule has 2 rings (SSSR count). The maximum atomic E-state index is 11.4. The van der Waals surface area contributed by atoms with E-state index >= 15 is 0 Å². The maximum Gasteiger partial charge on any atom is 0.310 e. The van der Waals surface area contributed by atoms with Gasteiger partial charge in [0.25, 0.3) is 0 Å². The highest BCUT2D eigenvalue weighted by atomic mass is 16.6. The molecule has 0 bridgehead atoms. The molecule has 2 heteroatoms. The lowest BCUT2D eigenvalue weighted by molar-refractivity contribution is -0.149. The Kier molecular flexibility index (Phi) is 1.39. The second kappa shape index (κ2) is 2.12. The average molecular weight is 166 g/mol. The summed E-state index contributed by atoms with van der Waals surface area (Å²) >= 11 is 0. The minimum Gasteiger partial charge on any atom is -0.459 e. The fourth-order valence-electron chi connectivity index (χ4n) is 2.38. The van der Waals surface area contributed by atoms with Gasteiger partial charge in [0.15, 0.2) is 0 Å². The zero-order chi connectivity index (χ0) is 8.93. The van der Waals surface area contributed by atoms with E-state index in [-0.39, 0.29) is 17.5 Å². The van der Waals surface area contributed by atoms with Crippen molar-refractivity contribution in [2.24, 2.45) is 11.8 Å². The predicted molar refractivity (Wildman–Crippen MR) is 45.5 cm³/mol. The molecule has 1 aliphatic carbocycles. The van der Waals surface area contributed by atoms with Crippen molar-refractivity contribution in [3.05, 3.63) is 12.2 Å². The van der Waals surface area contributed by atoms with E-state index in [2.05, 4.69) is 6.58 Å². The zero-order valence-electron chi connectivity index (χ0n) is 7.59. The number of ether oxygens (including phenoxy) is 1. The van der Waals surface area contributed by atoms with E-state index in [1.165, 1.54) is 5.57 Å². The summed E-state index contributed by atoms with van der Waals surface area (Å²) in [7, 11) is 0. The van der Waals surface area contributed by atoms with Gasteiger partial charge in [0, 0.05) is 5.92 Å². The van der Waals surface area contributed by atoms with Crippen molar-refractivity contribution >= 4 is 5.97 Å². The number of hydrogen-bond donors (Lipinski definition) is 0. The van der Waals surface area contributed by atoms with Crippen LogP contribution in [0.2, 0.25) is 0 Å². The molecule has 66 valence electrons. The molecule has 0 radical (unpaired) electrons. The highest BCUT2D eigenvalue weighted by Crippen LogP contribution is 2.48. The van der Waals surface area contributed by atoms with E-state index < -0.39 is 0 Å². The van der Waals surface area contributed by atoms with Gasteiger partial charge in [0.1, 0.15) is 5.60 Å². The van der Waals surface area contributed by atoms with Crippen molar-refractivity contribution in [2.75, 3.05) is 0 Å². The fourth-order valence-corrected chi connectivity index (χ4v) is 2.38. The van der Waals surface area contributed by atoms with E-state index in [4.69, 9.17) is 4.74 Å². The van der Waals surface area contributed by atoms with Crippen LogP contribution in [-0.2, 0) is 9.53 Å². The topological polar surface area (TPSA) is 26.3 Å². The SMILES string of the molecule is C=C1C[C@@H]2C(=O)OC(C)(C)[C@H]2C1. The van der Waals surface area contributed by atoms with E-state index in [9.17, 15) is 4.79 Å². The number of carbonyl (C=O) groups excluding carboxylic acids is 1. The molecule has 1 heterocycles. The Balaban J connectivity index is 2.30. The van der Waals surface area contributed by atoms with Gasteiger partial charge in [0.2, 0.25) is 0 Å². The molecule has 1 aliphatic heterocycles. The average Bonchev–Trinajstić information content (AvgIpc) is 2.37. The summed E-state index contributed by atoms with van der Waals surface area (Å²) in [5, 5.41) is 0. The Morgan fingerprint density at radius 1 is 1.50 bits per heavy atom. The lowest BCUT2D eigenvalue weighted by Gasteiger charge is -2.23. The third-order valence-corrected chi connectivity index (χ3v) is 3.06. The molecule has 0 N–H and O–H groups in total. The second-order valence-corrected chi connectivity index (χ2v) is 4.40. The maximum absolute atomic E-state index is 11.4. The number of hydrogen-bond acceptors (Lipinski definition) is 2. The smallest absolute Gasteiger partial charge is 0.310 e. The van der Waals surface area contributed by atoms with Crippen molar-refractivity contribution in [1.29, 1.82) is 0 Å². The lowest BCUT2D eigenvalue weighted by atomic mass is 9.86. The molecule has 0 amide bonds. The molecule has 1 saturated heterocycles. The highest BCUT2D eigenvalue weighted by Gasteiger charge is 2.52. The first-order valence-electron chi connectivity index (χ1n) is 4.40. The van der Waals surface area contributed by atoms with E-state index in [1.807, 2.05) is 13.8 Å². The van der Waals surface area contributed by atoms with Gasteiger partial charge in [-0.25, -0.2) is 0 Å². The standard InChI is InChI=1S/C10H14O2/c1-6-4-7-8(5-6)10(2,3)12-9(7)11/h7-8H,1,4-5H2,2-3H3/t7-,8-/m0/s1. The minimum atomic E-state index is -0.263. The number of carbonyl (C=O) groups is 1. The zero-order valence-corrected chi connectivity index (χ0v) is 7.59. The Labute approximate surface area is 72.6 Å². The van der Waals surface area contributed by atoms with Crippen LogP contribution in [0.25, 0.3) is 0 Å². The van der Waals surface area contributed by atoms with Crippen LogP contribution in [0.15, 0.2) is 12.2 Å². The van der Waals surface area contributed by atoms with Crippen molar-refractivity contribution in [2.45, 2.75) is 32.3 Å². The Hall–Kier alpha value is -0.790. The van der Waals surface area contributed by atoms with Crippen LogP contribution >= 0.6 is 0 Å². The number of allylic oxidation sites excluding steroid dienone is 1. The number of fused-ring (bicyclic) bond motifs is 1. The van der Waals surface area contributed by atoms with Crippen LogP contribution in [0.1, 0.15) is 26.7 Å². The van der Waals surface area contributed by atoms with E-state index in [0.717, 1.165) is 12.8 Å². The van der Waals surface area contributed by atoms with Gasteiger partial charge in [-0.2, -0.15) is 0 Å². The van der Waals surface area contributed by atoms with Gasteiger partial charge in [0.05, 0.1) is 5.92 Å². The van der Waals surface area contributed by atoms with Crippen LogP contribution in [0.3, 0.4) is 0 Å². The largest absolute Gasteiger partial charge is 0.459 e. The normalized spacial score (nSPS) is 38.2. The molecule has 2 nitrogen and oxygen atoms in total. The van der Waals surface area contributed by atoms with Gasteiger partial charge >= 0.3 is 5.97 Å². The van der Waals surface area contributed by atoms with Crippen LogP contribution in [-0.4, -0.2) is 11.6 Å². The third-order valence-electron chi connectivity index (χ3n) is 3.06. The Morgan fingerprint density at radius 3 is 2.75 bits per heavy atom. The first-order valence-corrected chi connectivity index (χ1v) is 4.40. The summed E-state index contributed by atoms with van der Waals surface area (Å²) in [6.45, 7) is 7.92. The molecule has 0 unspecified atom stereocenters. The van der Waals surface area contributed by atoms with Crippen molar-refractivity contribution in [3.63, 3.8) is 0 Å². The molecule has 12 heavy (non-hydrogen) atoms. The van der Waals surface area contributed by atoms with Crippen LogP contribution in [0.4, 0.5) is 0 Å². The van der Waals surface area contributed by atoms with Gasteiger partial charge in [-0.1, -0.05) is 12.2 Å². The molecule has 0 aromatic rings. The monoisotopic (exact) mass is 166 g/mol. The van der Waals surface area contributed by atoms with Gasteiger partial charge in [-0.15, -0.1) is 0 Å². The quantitative estimate of drug-likeness (QED) is 0.406. The van der Waals surface area contributed by atoms with Gasteiger partial charge < -0.3 is 4.74 Å². The molecule has 0 aromatic heterocycles. The number of rotatable bonds is 0.